The normalized spacial score (nSPS) is 11.0. The maximum atomic E-state index is 5.92. The largest absolute Gasteiger partial charge is 0.494 e. The molecule has 0 aliphatic rings. The molecule has 0 amide bonds. The highest BCUT2D eigenvalue weighted by Gasteiger charge is 2.15. The predicted molar refractivity (Wildman–Crippen MR) is 96.8 cm³/mol. The van der Waals surface area contributed by atoms with E-state index >= 15 is 0 Å². The first-order chi connectivity index (χ1) is 12.2. The lowest BCUT2D eigenvalue weighted by Gasteiger charge is -2.07. The Morgan fingerprint density at radius 3 is 2.52 bits per heavy atom. The van der Waals surface area contributed by atoms with Gasteiger partial charge in [0, 0.05) is 16.0 Å². The van der Waals surface area contributed by atoms with E-state index in [-0.39, 0.29) is 0 Å². The number of hydrogen-bond donors (Lipinski definition) is 0. The molecule has 4 aromatic rings. The van der Waals surface area contributed by atoms with Gasteiger partial charge in [0.1, 0.15) is 11.3 Å². The van der Waals surface area contributed by atoms with Crippen molar-refractivity contribution < 1.29 is 9.15 Å². The third kappa shape index (κ3) is 2.83. The van der Waals surface area contributed by atoms with Crippen LogP contribution in [-0.4, -0.2) is 22.3 Å². The maximum Gasteiger partial charge on any atom is 0.250 e. The lowest BCUT2D eigenvalue weighted by molar-refractivity contribution is 0.419. The van der Waals surface area contributed by atoms with Gasteiger partial charge < -0.3 is 9.15 Å². The third-order valence-electron chi connectivity index (χ3n) is 3.97. The van der Waals surface area contributed by atoms with Gasteiger partial charge in [-0.25, -0.2) is 4.98 Å². The molecule has 6 heteroatoms. The Morgan fingerprint density at radius 1 is 1.00 bits per heavy atom. The summed E-state index contributed by atoms with van der Waals surface area (Å²) < 4.78 is 11.2. The SMILES string of the molecule is COc1cccc2cc(-c3nnc(-c4ccc(Cl)cc4)o3)c(C)nc12. The first-order valence-electron chi connectivity index (χ1n) is 7.70. The summed E-state index contributed by atoms with van der Waals surface area (Å²) in [5, 5.41) is 9.92. The number of benzene rings is 2. The molecule has 0 unspecified atom stereocenters. The van der Waals surface area contributed by atoms with Gasteiger partial charge in [0.2, 0.25) is 11.8 Å². The Labute approximate surface area is 149 Å². The number of aromatic nitrogens is 3. The van der Waals surface area contributed by atoms with Crippen molar-refractivity contribution >= 4 is 22.5 Å². The fraction of sp³-hybridized carbons (Fsp3) is 0.105. The van der Waals surface area contributed by atoms with Crippen molar-refractivity contribution in [1.82, 2.24) is 15.2 Å². The van der Waals surface area contributed by atoms with E-state index in [0.717, 1.165) is 33.5 Å². The predicted octanol–water partition coefficient (Wildman–Crippen LogP) is 4.92. The van der Waals surface area contributed by atoms with Gasteiger partial charge in [0.15, 0.2) is 0 Å². The number of fused-ring (bicyclic) bond motifs is 1. The molecule has 25 heavy (non-hydrogen) atoms. The molecule has 0 atom stereocenters. The van der Waals surface area contributed by atoms with Crippen LogP contribution in [0.15, 0.2) is 52.9 Å². The number of para-hydroxylation sites is 1. The molecule has 0 saturated heterocycles. The summed E-state index contributed by atoms with van der Waals surface area (Å²) in [5.74, 6) is 1.61. The van der Waals surface area contributed by atoms with Crippen molar-refractivity contribution in [2.24, 2.45) is 0 Å². The molecule has 0 spiro atoms. The summed E-state index contributed by atoms with van der Waals surface area (Å²) >= 11 is 5.92. The highest BCUT2D eigenvalue weighted by atomic mass is 35.5. The van der Waals surface area contributed by atoms with Gasteiger partial charge in [-0.1, -0.05) is 23.7 Å². The summed E-state index contributed by atoms with van der Waals surface area (Å²) in [5.41, 5.74) is 3.22. The van der Waals surface area contributed by atoms with Gasteiger partial charge in [-0.15, -0.1) is 10.2 Å². The molecule has 5 nitrogen and oxygen atoms in total. The van der Waals surface area contributed by atoms with Gasteiger partial charge in [0.25, 0.3) is 0 Å². The second-order valence-electron chi connectivity index (χ2n) is 5.57. The molecule has 0 radical (unpaired) electrons. The summed E-state index contributed by atoms with van der Waals surface area (Å²) in [6.07, 6.45) is 0. The summed E-state index contributed by atoms with van der Waals surface area (Å²) in [7, 11) is 1.64. The molecular weight excluding hydrogens is 338 g/mol. The number of rotatable bonds is 3. The number of pyridine rings is 1. The van der Waals surface area contributed by atoms with E-state index in [4.69, 9.17) is 20.8 Å². The van der Waals surface area contributed by atoms with Gasteiger partial charge in [-0.2, -0.15) is 0 Å². The lowest BCUT2D eigenvalue weighted by atomic mass is 10.1. The van der Waals surface area contributed by atoms with Gasteiger partial charge in [0.05, 0.1) is 18.4 Å². The van der Waals surface area contributed by atoms with Crippen LogP contribution in [0.25, 0.3) is 33.8 Å². The summed E-state index contributed by atoms with van der Waals surface area (Å²) in [4.78, 5) is 4.65. The number of aryl methyl sites for hydroxylation is 1. The molecule has 0 fully saturated rings. The fourth-order valence-corrected chi connectivity index (χ4v) is 2.81. The van der Waals surface area contributed by atoms with E-state index < -0.39 is 0 Å². The van der Waals surface area contributed by atoms with E-state index in [2.05, 4.69) is 15.2 Å². The maximum absolute atomic E-state index is 5.92. The lowest BCUT2D eigenvalue weighted by Crippen LogP contribution is -1.93. The average Bonchev–Trinajstić information content (AvgIpc) is 3.11. The number of hydrogen-bond acceptors (Lipinski definition) is 5. The Hall–Kier alpha value is -2.92. The quantitative estimate of drug-likeness (QED) is 0.524. The third-order valence-corrected chi connectivity index (χ3v) is 4.22. The number of halogens is 1. The van der Waals surface area contributed by atoms with Crippen LogP contribution in [0.5, 0.6) is 5.75 Å². The fourth-order valence-electron chi connectivity index (χ4n) is 2.69. The number of ether oxygens (including phenoxy) is 1. The minimum atomic E-state index is 0.430. The van der Waals surface area contributed by atoms with Gasteiger partial charge >= 0.3 is 0 Å². The molecule has 0 bridgehead atoms. The molecule has 0 N–H and O–H groups in total. The molecule has 0 aliphatic carbocycles. The molecule has 0 aliphatic heterocycles. The molecular formula is C19H14ClN3O2. The second-order valence-corrected chi connectivity index (χ2v) is 6.01. The van der Waals surface area contributed by atoms with Gasteiger partial charge in [-0.05, 0) is 43.3 Å². The first kappa shape index (κ1) is 15.6. The minimum Gasteiger partial charge on any atom is -0.494 e. The van der Waals surface area contributed by atoms with Crippen molar-refractivity contribution in [3.05, 3.63) is 59.2 Å². The van der Waals surface area contributed by atoms with Crippen LogP contribution < -0.4 is 4.74 Å². The second kappa shape index (κ2) is 6.18. The van der Waals surface area contributed by atoms with Crippen LogP contribution in [0, 0.1) is 6.92 Å². The van der Waals surface area contributed by atoms with Crippen molar-refractivity contribution in [2.45, 2.75) is 6.92 Å². The number of methoxy groups -OCH3 is 1. The molecule has 2 aromatic carbocycles. The van der Waals surface area contributed by atoms with E-state index in [1.807, 2.05) is 43.3 Å². The Balaban J connectivity index is 1.80. The van der Waals surface area contributed by atoms with Crippen molar-refractivity contribution in [1.29, 1.82) is 0 Å². The Morgan fingerprint density at radius 2 is 1.76 bits per heavy atom. The smallest absolute Gasteiger partial charge is 0.250 e. The van der Waals surface area contributed by atoms with Crippen LogP contribution in [0.1, 0.15) is 5.69 Å². The minimum absolute atomic E-state index is 0.430. The highest BCUT2D eigenvalue weighted by Crippen LogP contribution is 2.31. The zero-order valence-electron chi connectivity index (χ0n) is 13.7. The van der Waals surface area contributed by atoms with Crippen molar-refractivity contribution in [3.63, 3.8) is 0 Å². The Kier molecular flexibility index (Phi) is 3.86. The zero-order valence-corrected chi connectivity index (χ0v) is 14.4. The van der Waals surface area contributed by atoms with Crippen LogP contribution in [-0.2, 0) is 0 Å². The van der Waals surface area contributed by atoms with Crippen molar-refractivity contribution in [2.75, 3.05) is 7.11 Å². The van der Waals surface area contributed by atoms with Crippen LogP contribution in [0.3, 0.4) is 0 Å². The first-order valence-corrected chi connectivity index (χ1v) is 8.07. The van der Waals surface area contributed by atoms with Crippen LogP contribution >= 0.6 is 11.6 Å². The summed E-state index contributed by atoms with van der Waals surface area (Å²) in [6, 6.07) is 15.0. The molecule has 4 rings (SSSR count). The van der Waals surface area contributed by atoms with Crippen LogP contribution in [0.2, 0.25) is 5.02 Å². The standard InChI is InChI=1S/C19H14ClN3O2/c1-11-15(10-13-4-3-5-16(24-2)17(13)21-11)19-23-22-18(25-19)12-6-8-14(20)9-7-12/h3-10H,1-2H3. The van der Waals surface area contributed by atoms with Crippen LogP contribution in [0.4, 0.5) is 0 Å². The monoisotopic (exact) mass is 351 g/mol. The van der Waals surface area contributed by atoms with E-state index in [1.165, 1.54) is 0 Å². The van der Waals surface area contributed by atoms with E-state index in [0.29, 0.717) is 16.8 Å². The molecule has 0 saturated carbocycles. The highest BCUT2D eigenvalue weighted by molar-refractivity contribution is 6.30. The van der Waals surface area contributed by atoms with Gasteiger partial charge in [-0.3, -0.25) is 0 Å². The van der Waals surface area contributed by atoms with Crippen molar-refractivity contribution in [3.8, 4) is 28.7 Å². The molecule has 124 valence electrons. The van der Waals surface area contributed by atoms with E-state index in [9.17, 15) is 0 Å². The molecule has 2 aromatic heterocycles. The topological polar surface area (TPSA) is 61.0 Å². The average molecular weight is 352 g/mol. The number of nitrogens with zero attached hydrogens (tertiary/aromatic N) is 3. The zero-order chi connectivity index (χ0) is 17.4. The Bertz CT molecular complexity index is 1060. The molecule has 2 heterocycles. The van der Waals surface area contributed by atoms with E-state index in [1.54, 1.807) is 19.2 Å². The summed E-state index contributed by atoms with van der Waals surface area (Å²) in [6.45, 7) is 1.91.